The fraction of sp³-hybridized carbons (Fsp3) is 0.111. The van der Waals surface area contributed by atoms with Crippen molar-refractivity contribution < 1.29 is 4.39 Å². The highest BCUT2D eigenvalue weighted by atomic mass is 35.5. The van der Waals surface area contributed by atoms with Crippen LogP contribution < -0.4 is 5.73 Å². The Kier molecular flexibility index (Phi) is 2.83. The van der Waals surface area contributed by atoms with Crippen LogP contribution in [0.3, 0.4) is 0 Å². The van der Waals surface area contributed by atoms with E-state index in [2.05, 4.69) is 9.36 Å². The lowest BCUT2D eigenvalue weighted by Gasteiger charge is -2.00. The molecule has 6 heteroatoms. The summed E-state index contributed by atoms with van der Waals surface area (Å²) in [5.41, 5.74) is 6.23. The molecule has 0 aliphatic rings. The molecule has 2 N–H and O–H groups in total. The third kappa shape index (κ3) is 2.43. The lowest BCUT2D eigenvalue weighted by Crippen LogP contribution is -1.93. The summed E-state index contributed by atoms with van der Waals surface area (Å²) < 4.78 is 16.8. The molecule has 15 heavy (non-hydrogen) atoms. The fourth-order valence-electron chi connectivity index (χ4n) is 1.17. The van der Waals surface area contributed by atoms with Crippen molar-refractivity contribution in [2.45, 2.75) is 6.42 Å². The summed E-state index contributed by atoms with van der Waals surface area (Å²) in [6.45, 7) is 0. The van der Waals surface area contributed by atoms with Crippen molar-refractivity contribution in [2.75, 3.05) is 5.73 Å². The van der Waals surface area contributed by atoms with Crippen LogP contribution in [0.15, 0.2) is 18.2 Å². The standard InChI is InChI=1S/C9H7ClFN3S/c10-7-4-6(11)2-1-5(7)3-8-13-9(12)15-14-8/h1-2,4H,3H2,(H2,12,13,14). The van der Waals surface area contributed by atoms with E-state index in [-0.39, 0.29) is 5.82 Å². The molecule has 0 unspecified atom stereocenters. The van der Waals surface area contributed by atoms with Crippen molar-refractivity contribution in [2.24, 2.45) is 0 Å². The highest BCUT2D eigenvalue weighted by Crippen LogP contribution is 2.20. The van der Waals surface area contributed by atoms with Crippen LogP contribution in [-0.2, 0) is 6.42 Å². The Morgan fingerprint density at radius 2 is 2.27 bits per heavy atom. The summed E-state index contributed by atoms with van der Waals surface area (Å²) in [7, 11) is 0. The van der Waals surface area contributed by atoms with Gasteiger partial charge in [-0.05, 0) is 17.7 Å². The Morgan fingerprint density at radius 3 is 2.87 bits per heavy atom. The first-order valence-electron chi connectivity index (χ1n) is 4.17. The van der Waals surface area contributed by atoms with E-state index < -0.39 is 0 Å². The molecule has 0 spiro atoms. The number of nitrogens with zero attached hydrogens (tertiary/aromatic N) is 2. The maximum atomic E-state index is 12.8. The summed E-state index contributed by atoms with van der Waals surface area (Å²) in [6.07, 6.45) is 0.465. The van der Waals surface area contributed by atoms with Crippen LogP contribution in [0, 0.1) is 5.82 Å². The van der Waals surface area contributed by atoms with E-state index in [1.54, 1.807) is 6.07 Å². The van der Waals surface area contributed by atoms with Crippen molar-refractivity contribution in [3.8, 4) is 0 Å². The normalized spacial score (nSPS) is 10.5. The number of aromatic nitrogens is 2. The van der Waals surface area contributed by atoms with E-state index in [1.807, 2.05) is 0 Å². The third-order valence-electron chi connectivity index (χ3n) is 1.85. The molecule has 0 aliphatic heterocycles. The molecule has 0 atom stereocenters. The van der Waals surface area contributed by atoms with Gasteiger partial charge >= 0.3 is 0 Å². The van der Waals surface area contributed by atoms with Crippen LogP contribution in [0.5, 0.6) is 0 Å². The lowest BCUT2D eigenvalue weighted by atomic mass is 10.1. The van der Waals surface area contributed by atoms with E-state index >= 15 is 0 Å². The van der Waals surface area contributed by atoms with Gasteiger partial charge in [-0.1, -0.05) is 17.7 Å². The SMILES string of the molecule is Nc1nc(Cc2ccc(F)cc2Cl)ns1. The predicted octanol–water partition coefficient (Wildman–Crippen LogP) is 2.50. The van der Waals surface area contributed by atoms with Crippen molar-refractivity contribution >= 4 is 28.3 Å². The number of nitrogens with two attached hydrogens (primary N) is 1. The van der Waals surface area contributed by atoms with Crippen molar-refractivity contribution in [3.63, 3.8) is 0 Å². The van der Waals surface area contributed by atoms with Gasteiger partial charge in [-0.2, -0.15) is 4.37 Å². The van der Waals surface area contributed by atoms with E-state index in [9.17, 15) is 4.39 Å². The first-order valence-corrected chi connectivity index (χ1v) is 5.32. The second-order valence-electron chi connectivity index (χ2n) is 2.96. The molecule has 0 radical (unpaired) electrons. The summed E-state index contributed by atoms with van der Waals surface area (Å²) in [5.74, 6) is 0.250. The van der Waals surface area contributed by atoms with Gasteiger partial charge in [0.2, 0.25) is 0 Å². The van der Waals surface area contributed by atoms with E-state index in [0.29, 0.717) is 22.4 Å². The molecule has 0 saturated heterocycles. The van der Waals surface area contributed by atoms with Gasteiger partial charge in [0.15, 0.2) is 5.13 Å². The molecular formula is C9H7ClFN3S. The first kappa shape index (κ1) is 10.3. The maximum Gasteiger partial charge on any atom is 0.199 e. The van der Waals surface area contributed by atoms with Crippen molar-refractivity contribution in [1.29, 1.82) is 0 Å². The molecule has 78 valence electrons. The number of nitrogen functional groups attached to an aromatic ring is 1. The highest BCUT2D eigenvalue weighted by molar-refractivity contribution is 7.09. The topological polar surface area (TPSA) is 51.8 Å². The number of hydrogen-bond donors (Lipinski definition) is 1. The number of benzene rings is 1. The molecule has 0 bridgehead atoms. The molecule has 0 saturated carbocycles. The van der Waals surface area contributed by atoms with Crippen LogP contribution >= 0.6 is 23.1 Å². The molecule has 2 rings (SSSR count). The summed E-state index contributed by atoms with van der Waals surface area (Å²) in [4.78, 5) is 4.00. The number of rotatable bonds is 2. The summed E-state index contributed by atoms with van der Waals surface area (Å²) in [6, 6.07) is 4.25. The zero-order valence-electron chi connectivity index (χ0n) is 7.58. The molecular weight excluding hydrogens is 237 g/mol. The molecule has 0 amide bonds. The van der Waals surface area contributed by atoms with Gasteiger partial charge in [0, 0.05) is 23.0 Å². The largest absolute Gasteiger partial charge is 0.374 e. The van der Waals surface area contributed by atoms with Gasteiger partial charge in [-0.15, -0.1) is 0 Å². The Bertz CT molecular complexity index is 486. The van der Waals surface area contributed by atoms with Gasteiger partial charge in [0.1, 0.15) is 11.6 Å². The van der Waals surface area contributed by atoms with Gasteiger partial charge < -0.3 is 5.73 Å². The zero-order valence-corrected chi connectivity index (χ0v) is 9.15. The summed E-state index contributed by atoms with van der Waals surface area (Å²) >= 11 is 6.99. The van der Waals surface area contributed by atoms with Crippen LogP contribution in [0.2, 0.25) is 5.02 Å². The minimum Gasteiger partial charge on any atom is -0.374 e. The summed E-state index contributed by atoms with van der Waals surface area (Å²) in [5, 5.41) is 0.798. The molecule has 3 nitrogen and oxygen atoms in total. The van der Waals surface area contributed by atoms with Crippen LogP contribution in [0.1, 0.15) is 11.4 Å². The quantitative estimate of drug-likeness (QED) is 0.882. The average Bonchev–Trinajstić information content (AvgIpc) is 2.56. The monoisotopic (exact) mass is 243 g/mol. The fourth-order valence-corrected chi connectivity index (χ4v) is 1.86. The van der Waals surface area contributed by atoms with E-state index in [4.69, 9.17) is 17.3 Å². The molecule has 0 aliphatic carbocycles. The Labute approximate surface area is 94.9 Å². The smallest absolute Gasteiger partial charge is 0.199 e. The molecule has 1 heterocycles. The van der Waals surface area contributed by atoms with Gasteiger partial charge in [-0.3, -0.25) is 0 Å². The van der Waals surface area contributed by atoms with E-state index in [1.165, 1.54) is 12.1 Å². The van der Waals surface area contributed by atoms with Gasteiger partial charge in [0.25, 0.3) is 0 Å². The van der Waals surface area contributed by atoms with Crippen LogP contribution in [0.4, 0.5) is 9.52 Å². The molecule has 2 aromatic rings. The van der Waals surface area contributed by atoms with E-state index in [0.717, 1.165) is 17.1 Å². The average molecular weight is 244 g/mol. The molecule has 1 aromatic heterocycles. The highest BCUT2D eigenvalue weighted by Gasteiger charge is 2.06. The molecule has 1 aromatic carbocycles. The van der Waals surface area contributed by atoms with Crippen molar-refractivity contribution in [3.05, 3.63) is 40.4 Å². The Hall–Kier alpha value is -1.20. The Balaban J connectivity index is 2.24. The minimum absolute atomic E-state index is 0.352. The first-order chi connectivity index (χ1) is 7.15. The zero-order chi connectivity index (χ0) is 10.8. The van der Waals surface area contributed by atoms with Crippen LogP contribution in [-0.4, -0.2) is 9.36 Å². The predicted molar refractivity (Wildman–Crippen MR) is 58.5 cm³/mol. The number of halogens is 2. The van der Waals surface area contributed by atoms with Crippen molar-refractivity contribution in [1.82, 2.24) is 9.36 Å². The minimum atomic E-state index is -0.352. The lowest BCUT2D eigenvalue weighted by molar-refractivity contribution is 0.627. The third-order valence-corrected chi connectivity index (χ3v) is 2.78. The van der Waals surface area contributed by atoms with Gasteiger partial charge in [-0.25, -0.2) is 9.37 Å². The van der Waals surface area contributed by atoms with Crippen LogP contribution in [0.25, 0.3) is 0 Å². The maximum absolute atomic E-state index is 12.8. The second kappa shape index (κ2) is 4.12. The molecule has 0 fully saturated rings. The second-order valence-corrected chi connectivity index (χ2v) is 4.15. The number of hydrogen-bond acceptors (Lipinski definition) is 4. The Morgan fingerprint density at radius 1 is 1.47 bits per heavy atom. The number of anilines is 1. The van der Waals surface area contributed by atoms with Gasteiger partial charge in [0.05, 0.1) is 0 Å².